The van der Waals surface area contributed by atoms with Crippen molar-refractivity contribution >= 4 is 27.8 Å². The van der Waals surface area contributed by atoms with Gasteiger partial charge in [0.25, 0.3) is 0 Å². The standard InChI is InChI=1S/C19H16BrNO3/c1-3-24-19-16(20)10-13(11-18(19)23-2)7-8-17(22)15-6-4-5-14(9-15)12-21/h4-11H,3H2,1-2H3/b8-7+. The van der Waals surface area contributed by atoms with E-state index in [2.05, 4.69) is 15.9 Å². The van der Waals surface area contributed by atoms with Crippen LogP contribution in [0.4, 0.5) is 0 Å². The Morgan fingerprint density at radius 1 is 1.33 bits per heavy atom. The van der Waals surface area contributed by atoms with Crippen LogP contribution < -0.4 is 9.47 Å². The lowest BCUT2D eigenvalue weighted by atomic mass is 10.1. The van der Waals surface area contributed by atoms with E-state index in [0.717, 1.165) is 10.0 Å². The second-order valence-corrected chi connectivity index (χ2v) is 5.71. The summed E-state index contributed by atoms with van der Waals surface area (Å²) in [6, 6.07) is 12.3. The summed E-state index contributed by atoms with van der Waals surface area (Å²) in [5.74, 6) is 1.05. The van der Waals surface area contributed by atoms with Crippen molar-refractivity contribution in [2.75, 3.05) is 13.7 Å². The number of hydrogen-bond donors (Lipinski definition) is 0. The van der Waals surface area contributed by atoms with E-state index in [0.29, 0.717) is 29.2 Å². The third-order valence-electron chi connectivity index (χ3n) is 3.24. The zero-order chi connectivity index (χ0) is 17.5. The van der Waals surface area contributed by atoms with Crippen molar-refractivity contribution in [1.29, 1.82) is 5.26 Å². The van der Waals surface area contributed by atoms with Gasteiger partial charge < -0.3 is 9.47 Å². The van der Waals surface area contributed by atoms with Crippen LogP contribution in [0.2, 0.25) is 0 Å². The van der Waals surface area contributed by atoms with E-state index in [4.69, 9.17) is 14.7 Å². The summed E-state index contributed by atoms with van der Waals surface area (Å²) < 4.78 is 11.6. The molecule has 0 fully saturated rings. The molecule has 0 spiro atoms. The van der Waals surface area contributed by atoms with Crippen LogP contribution in [0, 0.1) is 11.3 Å². The molecule has 122 valence electrons. The van der Waals surface area contributed by atoms with Crippen molar-refractivity contribution in [3.63, 3.8) is 0 Å². The lowest BCUT2D eigenvalue weighted by Gasteiger charge is -2.12. The fraction of sp³-hybridized carbons (Fsp3) is 0.158. The van der Waals surface area contributed by atoms with Crippen LogP contribution in [0.15, 0.2) is 46.9 Å². The smallest absolute Gasteiger partial charge is 0.185 e. The number of nitriles is 1. The third-order valence-corrected chi connectivity index (χ3v) is 3.83. The minimum Gasteiger partial charge on any atom is -0.493 e. The predicted molar refractivity (Wildman–Crippen MR) is 96.4 cm³/mol. The Hall–Kier alpha value is -2.58. The molecule has 2 aromatic rings. The van der Waals surface area contributed by atoms with Crippen LogP contribution >= 0.6 is 15.9 Å². The van der Waals surface area contributed by atoms with E-state index in [-0.39, 0.29) is 5.78 Å². The Kier molecular flexibility index (Phi) is 6.16. The van der Waals surface area contributed by atoms with E-state index >= 15 is 0 Å². The zero-order valence-corrected chi connectivity index (χ0v) is 15.0. The largest absolute Gasteiger partial charge is 0.493 e. The molecule has 0 unspecified atom stereocenters. The molecule has 0 bridgehead atoms. The highest BCUT2D eigenvalue weighted by Gasteiger charge is 2.10. The van der Waals surface area contributed by atoms with Gasteiger partial charge in [-0.2, -0.15) is 5.26 Å². The Balaban J connectivity index is 2.26. The van der Waals surface area contributed by atoms with Crippen LogP contribution in [0.5, 0.6) is 11.5 Å². The van der Waals surface area contributed by atoms with Crippen LogP contribution in [0.1, 0.15) is 28.4 Å². The van der Waals surface area contributed by atoms with E-state index in [1.807, 2.05) is 19.1 Å². The van der Waals surface area contributed by atoms with Gasteiger partial charge in [-0.25, -0.2) is 0 Å². The normalized spacial score (nSPS) is 10.4. The van der Waals surface area contributed by atoms with E-state index in [1.54, 1.807) is 43.5 Å². The van der Waals surface area contributed by atoms with Crippen molar-refractivity contribution in [1.82, 2.24) is 0 Å². The van der Waals surface area contributed by atoms with Crippen molar-refractivity contribution in [2.24, 2.45) is 0 Å². The monoisotopic (exact) mass is 385 g/mol. The molecule has 2 rings (SSSR count). The van der Waals surface area contributed by atoms with Crippen LogP contribution in [-0.2, 0) is 0 Å². The fourth-order valence-corrected chi connectivity index (χ4v) is 2.70. The minimum absolute atomic E-state index is 0.170. The van der Waals surface area contributed by atoms with Crippen LogP contribution in [0.3, 0.4) is 0 Å². The molecule has 5 heteroatoms. The summed E-state index contributed by atoms with van der Waals surface area (Å²) in [6.45, 7) is 2.42. The molecule has 0 heterocycles. The van der Waals surface area contributed by atoms with Crippen LogP contribution in [-0.4, -0.2) is 19.5 Å². The van der Waals surface area contributed by atoms with E-state index < -0.39 is 0 Å². The second-order valence-electron chi connectivity index (χ2n) is 4.86. The first-order valence-electron chi connectivity index (χ1n) is 7.32. The molecule has 0 N–H and O–H groups in total. The Bertz CT molecular complexity index is 822. The zero-order valence-electron chi connectivity index (χ0n) is 13.4. The number of hydrogen-bond acceptors (Lipinski definition) is 4. The quantitative estimate of drug-likeness (QED) is 0.537. The fourth-order valence-electron chi connectivity index (χ4n) is 2.13. The van der Waals surface area contributed by atoms with Gasteiger partial charge in [0.2, 0.25) is 0 Å². The summed E-state index contributed by atoms with van der Waals surface area (Å²) >= 11 is 3.45. The van der Waals surface area contributed by atoms with Gasteiger partial charge in [0.1, 0.15) is 0 Å². The van der Waals surface area contributed by atoms with Gasteiger partial charge in [0, 0.05) is 5.56 Å². The van der Waals surface area contributed by atoms with Gasteiger partial charge in [-0.1, -0.05) is 18.2 Å². The minimum atomic E-state index is -0.170. The molecule has 0 aliphatic rings. The molecule has 0 aliphatic heterocycles. The predicted octanol–water partition coefficient (Wildman–Crippen LogP) is 4.62. The number of carbonyl (C=O) groups excluding carboxylic acids is 1. The topological polar surface area (TPSA) is 59.3 Å². The molecule has 0 saturated carbocycles. The number of halogens is 1. The molecule has 0 atom stereocenters. The molecule has 0 aromatic heterocycles. The maximum atomic E-state index is 12.2. The van der Waals surface area contributed by atoms with E-state index in [1.165, 1.54) is 6.08 Å². The van der Waals surface area contributed by atoms with Gasteiger partial charge in [0.15, 0.2) is 17.3 Å². The highest BCUT2D eigenvalue weighted by molar-refractivity contribution is 9.10. The number of methoxy groups -OCH3 is 1. The molecule has 0 aliphatic carbocycles. The number of rotatable bonds is 6. The maximum Gasteiger partial charge on any atom is 0.185 e. The number of nitrogens with zero attached hydrogens (tertiary/aromatic N) is 1. The summed E-state index contributed by atoms with van der Waals surface area (Å²) in [4.78, 5) is 12.2. The average molecular weight is 386 g/mol. The average Bonchev–Trinajstić information content (AvgIpc) is 2.61. The summed E-state index contributed by atoms with van der Waals surface area (Å²) in [5, 5.41) is 8.90. The van der Waals surface area contributed by atoms with Crippen molar-refractivity contribution in [2.45, 2.75) is 6.92 Å². The molecule has 24 heavy (non-hydrogen) atoms. The molecule has 0 saturated heterocycles. The van der Waals surface area contributed by atoms with Crippen molar-refractivity contribution < 1.29 is 14.3 Å². The first kappa shape index (κ1) is 17.8. The van der Waals surface area contributed by atoms with Gasteiger partial charge >= 0.3 is 0 Å². The van der Waals surface area contributed by atoms with Crippen molar-refractivity contribution in [3.05, 3.63) is 63.6 Å². The van der Waals surface area contributed by atoms with Crippen LogP contribution in [0.25, 0.3) is 6.08 Å². The SMILES string of the molecule is CCOc1c(Br)cc(/C=C/C(=O)c2cccc(C#N)c2)cc1OC. The summed E-state index contributed by atoms with van der Waals surface area (Å²) in [7, 11) is 1.57. The van der Waals surface area contributed by atoms with Gasteiger partial charge in [-0.15, -0.1) is 0 Å². The first-order valence-corrected chi connectivity index (χ1v) is 8.11. The van der Waals surface area contributed by atoms with Gasteiger partial charge in [-0.3, -0.25) is 4.79 Å². The lowest BCUT2D eigenvalue weighted by molar-refractivity contribution is 0.104. The lowest BCUT2D eigenvalue weighted by Crippen LogP contribution is -1.97. The summed E-state index contributed by atoms with van der Waals surface area (Å²) in [6.07, 6.45) is 3.17. The first-order chi connectivity index (χ1) is 11.6. The highest BCUT2D eigenvalue weighted by Crippen LogP contribution is 2.37. The highest BCUT2D eigenvalue weighted by atomic mass is 79.9. The number of ether oxygens (including phenoxy) is 2. The molecule has 2 aromatic carbocycles. The van der Waals surface area contributed by atoms with Crippen molar-refractivity contribution in [3.8, 4) is 17.6 Å². The second kappa shape index (κ2) is 8.32. The number of benzene rings is 2. The Morgan fingerprint density at radius 2 is 2.12 bits per heavy atom. The maximum absolute atomic E-state index is 12.2. The molecule has 0 amide bonds. The molecular formula is C19H16BrNO3. The summed E-state index contributed by atoms with van der Waals surface area (Å²) in [5.41, 5.74) is 1.73. The number of ketones is 1. The van der Waals surface area contributed by atoms with Gasteiger partial charge in [0.05, 0.1) is 29.8 Å². The van der Waals surface area contributed by atoms with Gasteiger partial charge in [-0.05, 0) is 58.8 Å². The third kappa shape index (κ3) is 4.24. The Morgan fingerprint density at radius 3 is 2.79 bits per heavy atom. The molecule has 4 nitrogen and oxygen atoms in total. The number of allylic oxidation sites excluding steroid dienone is 1. The Labute approximate surface area is 149 Å². The number of carbonyl (C=O) groups is 1. The van der Waals surface area contributed by atoms with E-state index in [9.17, 15) is 4.79 Å². The molecular weight excluding hydrogens is 370 g/mol. The molecule has 0 radical (unpaired) electrons.